The van der Waals surface area contributed by atoms with Crippen molar-refractivity contribution >= 4 is 29.3 Å². The van der Waals surface area contributed by atoms with E-state index < -0.39 is 23.7 Å². The van der Waals surface area contributed by atoms with E-state index in [4.69, 9.17) is 15.2 Å². The summed E-state index contributed by atoms with van der Waals surface area (Å²) in [5, 5.41) is 5.80. The Morgan fingerprint density at radius 1 is 0.971 bits per heavy atom. The normalized spacial score (nSPS) is 11.9. The quantitative estimate of drug-likeness (QED) is 0.419. The van der Waals surface area contributed by atoms with Crippen molar-refractivity contribution in [3.8, 4) is 0 Å². The maximum atomic E-state index is 12.8. The number of amides is 1. The van der Waals surface area contributed by atoms with E-state index in [1.807, 2.05) is 54.6 Å². The number of aromatic nitrogens is 1. The van der Waals surface area contributed by atoms with Crippen LogP contribution in [0.25, 0.3) is 0 Å². The highest BCUT2D eigenvalue weighted by atomic mass is 16.6. The third-order valence-corrected chi connectivity index (χ3v) is 4.69. The van der Waals surface area contributed by atoms with Gasteiger partial charge in [0.15, 0.2) is 5.82 Å². The summed E-state index contributed by atoms with van der Waals surface area (Å²) in [4.78, 5) is 29.4. The van der Waals surface area contributed by atoms with Gasteiger partial charge in [-0.25, -0.2) is 14.6 Å². The molecule has 1 heterocycles. The average Bonchev–Trinajstić information content (AvgIpc) is 2.79. The zero-order valence-corrected chi connectivity index (χ0v) is 19.6. The van der Waals surface area contributed by atoms with E-state index in [9.17, 15) is 9.59 Å². The minimum Gasteiger partial charge on any atom is -0.458 e. The van der Waals surface area contributed by atoms with Crippen LogP contribution in [0.2, 0.25) is 0 Å². The van der Waals surface area contributed by atoms with Gasteiger partial charge in [0.05, 0.1) is 5.69 Å². The van der Waals surface area contributed by atoms with Crippen LogP contribution in [0.4, 0.5) is 22.0 Å². The summed E-state index contributed by atoms with van der Waals surface area (Å²) >= 11 is 0. The van der Waals surface area contributed by atoms with E-state index in [1.165, 1.54) is 0 Å². The van der Waals surface area contributed by atoms with Gasteiger partial charge in [0.1, 0.15) is 18.2 Å². The Bertz CT molecular complexity index is 1100. The number of carbonyl (C=O) groups is 2. The summed E-state index contributed by atoms with van der Waals surface area (Å²) in [6, 6.07) is 19.3. The SMILES string of the molecule is CC(C)(C)OC(=O)C(Cc1ccc(Nc2ncccc2N)cc1)NC(=O)OCc1ccccc1. The summed E-state index contributed by atoms with van der Waals surface area (Å²) in [5.41, 5.74) is 8.24. The van der Waals surface area contributed by atoms with Gasteiger partial charge >= 0.3 is 12.1 Å². The first-order chi connectivity index (χ1) is 16.2. The molecule has 34 heavy (non-hydrogen) atoms. The standard InChI is InChI=1S/C26H30N4O4/c1-26(2,3)34-24(31)22(30-25(32)33-17-19-8-5-4-6-9-19)16-18-11-13-20(14-12-18)29-23-21(27)10-7-15-28-23/h4-15,22H,16-17,27H2,1-3H3,(H,28,29)(H,30,32). The lowest BCUT2D eigenvalue weighted by atomic mass is 10.0. The fourth-order valence-corrected chi connectivity index (χ4v) is 3.09. The largest absolute Gasteiger partial charge is 0.458 e. The van der Waals surface area contributed by atoms with Crippen molar-refractivity contribution < 1.29 is 19.1 Å². The molecule has 8 heteroatoms. The fourth-order valence-electron chi connectivity index (χ4n) is 3.09. The summed E-state index contributed by atoms with van der Waals surface area (Å²) in [5.74, 6) is 0.0253. The highest BCUT2D eigenvalue weighted by Crippen LogP contribution is 2.21. The van der Waals surface area contributed by atoms with Crippen molar-refractivity contribution in [2.75, 3.05) is 11.1 Å². The first-order valence-electron chi connectivity index (χ1n) is 11.0. The number of rotatable bonds is 8. The van der Waals surface area contributed by atoms with E-state index in [0.29, 0.717) is 11.5 Å². The van der Waals surface area contributed by atoms with Gasteiger partial charge in [0.25, 0.3) is 0 Å². The van der Waals surface area contributed by atoms with Gasteiger partial charge in [0.2, 0.25) is 0 Å². The maximum Gasteiger partial charge on any atom is 0.408 e. The molecule has 0 saturated heterocycles. The number of hydrogen-bond donors (Lipinski definition) is 3. The second kappa shape index (κ2) is 11.2. The Balaban J connectivity index is 1.66. The van der Waals surface area contributed by atoms with Gasteiger partial charge in [-0.2, -0.15) is 0 Å². The number of nitrogens with two attached hydrogens (primary N) is 1. The molecular weight excluding hydrogens is 432 g/mol. The van der Waals surface area contributed by atoms with Crippen LogP contribution in [0.1, 0.15) is 31.9 Å². The van der Waals surface area contributed by atoms with Crippen LogP contribution in [0.15, 0.2) is 72.9 Å². The smallest absolute Gasteiger partial charge is 0.408 e. The lowest BCUT2D eigenvalue weighted by Crippen LogP contribution is -2.45. The van der Waals surface area contributed by atoms with Crippen LogP contribution >= 0.6 is 0 Å². The Hall–Kier alpha value is -4.07. The van der Waals surface area contributed by atoms with Crippen molar-refractivity contribution in [2.24, 2.45) is 0 Å². The number of carbonyl (C=O) groups excluding carboxylic acids is 2. The molecule has 1 amide bonds. The highest BCUT2D eigenvalue weighted by molar-refractivity contribution is 5.82. The first-order valence-corrected chi connectivity index (χ1v) is 11.0. The average molecular weight is 463 g/mol. The third-order valence-electron chi connectivity index (χ3n) is 4.69. The third kappa shape index (κ3) is 7.81. The lowest BCUT2D eigenvalue weighted by Gasteiger charge is -2.24. The minimum atomic E-state index is -0.909. The van der Waals surface area contributed by atoms with E-state index in [1.54, 1.807) is 39.1 Å². The molecule has 1 unspecified atom stereocenters. The van der Waals surface area contributed by atoms with E-state index in [-0.39, 0.29) is 13.0 Å². The predicted molar refractivity (Wildman–Crippen MR) is 131 cm³/mol. The summed E-state index contributed by atoms with van der Waals surface area (Å²) < 4.78 is 10.8. The molecule has 0 aliphatic heterocycles. The highest BCUT2D eigenvalue weighted by Gasteiger charge is 2.27. The van der Waals surface area contributed by atoms with Gasteiger partial charge in [-0.1, -0.05) is 42.5 Å². The fraction of sp³-hybridized carbons (Fsp3) is 0.269. The maximum absolute atomic E-state index is 12.8. The second-order valence-corrected chi connectivity index (χ2v) is 8.76. The first kappa shape index (κ1) is 24.6. The predicted octanol–water partition coefficient (Wildman–Crippen LogP) is 4.59. The molecule has 2 aromatic carbocycles. The Morgan fingerprint density at radius 2 is 1.68 bits per heavy atom. The van der Waals surface area contributed by atoms with Crippen LogP contribution in [-0.4, -0.2) is 28.7 Å². The van der Waals surface area contributed by atoms with Crippen LogP contribution in [-0.2, 0) is 27.3 Å². The Kier molecular flexibility index (Phi) is 8.08. The summed E-state index contributed by atoms with van der Waals surface area (Å²) in [6.07, 6.45) is 1.20. The molecule has 178 valence electrons. The topological polar surface area (TPSA) is 116 Å². The summed E-state index contributed by atoms with van der Waals surface area (Å²) in [6.45, 7) is 5.43. The number of nitrogens with zero attached hydrogens (tertiary/aromatic N) is 1. The van der Waals surface area contributed by atoms with Crippen LogP contribution in [0, 0.1) is 0 Å². The Morgan fingerprint density at radius 3 is 2.32 bits per heavy atom. The number of nitrogens with one attached hydrogen (secondary N) is 2. The van der Waals surface area contributed by atoms with E-state index in [0.717, 1.165) is 16.8 Å². The number of alkyl carbamates (subject to hydrolysis) is 1. The van der Waals surface area contributed by atoms with Crippen LogP contribution < -0.4 is 16.4 Å². The van der Waals surface area contributed by atoms with Crippen LogP contribution in [0.3, 0.4) is 0 Å². The monoisotopic (exact) mass is 462 g/mol. The van der Waals surface area contributed by atoms with Crippen molar-refractivity contribution in [3.63, 3.8) is 0 Å². The molecule has 0 radical (unpaired) electrons. The number of benzene rings is 2. The number of pyridine rings is 1. The zero-order valence-electron chi connectivity index (χ0n) is 19.6. The molecule has 1 aromatic heterocycles. The van der Waals surface area contributed by atoms with Crippen molar-refractivity contribution in [1.29, 1.82) is 0 Å². The molecule has 4 N–H and O–H groups in total. The molecule has 0 saturated carbocycles. The van der Waals surface area contributed by atoms with Gasteiger partial charge in [-0.15, -0.1) is 0 Å². The molecule has 0 aliphatic carbocycles. The Labute approximate surface area is 199 Å². The summed E-state index contributed by atoms with van der Waals surface area (Å²) in [7, 11) is 0. The molecular formula is C26H30N4O4. The van der Waals surface area contributed by atoms with Crippen molar-refractivity contribution in [3.05, 3.63) is 84.1 Å². The lowest BCUT2D eigenvalue weighted by molar-refractivity contribution is -0.157. The number of anilines is 3. The zero-order chi connectivity index (χ0) is 24.6. The molecule has 8 nitrogen and oxygen atoms in total. The molecule has 3 rings (SSSR count). The van der Waals surface area contributed by atoms with Gasteiger partial charge in [-0.05, 0) is 56.2 Å². The molecule has 0 aliphatic rings. The van der Waals surface area contributed by atoms with E-state index >= 15 is 0 Å². The van der Waals surface area contributed by atoms with Gasteiger partial charge < -0.3 is 25.8 Å². The van der Waals surface area contributed by atoms with Crippen molar-refractivity contribution in [1.82, 2.24) is 10.3 Å². The number of esters is 1. The molecule has 0 bridgehead atoms. The number of hydrogen-bond acceptors (Lipinski definition) is 7. The number of nitrogen functional groups attached to an aromatic ring is 1. The molecule has 0 spiro atoms. The minimum absolute atomic E-state index is 0.102. The molecule has 0 fully saturated rings. The molecule has 1 atom stereocenters. The van der Waals surface area contributed by atoms with Gasteiger partial charge in [0, 0.05) is 18.3 Å². The second-order valence-electron chi connectivity index (χ2n) is 8.76. The van der Waals surface area contributed by atoms with E-state index in [2.05, 4.69) is 15.6 Å². The van der Waals surface area contributed by atoms with Gasteiger partial charge in [-0.3, -0.25) is 0 Å². The van der Waals surface area contributed by atoms with Crippen LogP contribution in [0.5, 0.6) is 0 Å². The molecule has 3 aromatic rings. The van der Waals surface area contributed by atoms with Crippen molar-refractivity contribution in [2.45, 2.75) is 45.4 Å². The number of ether oxygens (including phenoxy) is 2.